The Balaban J connectivity index is 2.09. The Kier molecular flexibility index (Phi) is 4.35. The minimum absolute atomic E-state index is 0.753. The quantitative estimate of drug-likeness (QED) is 0.850. The second-order valence-corrected chi connectivity index (χ2v) is 4.93. The van der Waals surface area contributed by atoms with Crippen molar-refractivity contribution in [1.82, 2.24) is 9.78 Å². The Hall–Kier alpha value is -2.36. The Morgan fingerprint density at radius 3 is 2.85 bits per heavy atom. The van der Waals surface area contributed by atoms with Crippen LogP contribution in [0.15, 0.2) is 48.3 Å². The summed E-state index contributed by atoms with van der Waals surface area (Å²) < 4.78 is 1.78. The fraction of sp³-hybridized carbons (Fsp3) is 0.250. The highest BCUT2D eigenvalue weighted by Gasteiger charge is 2.02. The van der Waals surface area contributed by atoms with Gasteiger partial charge in [0.2, 0.25) is 0 Å². The van der Waals surface area contributed by atoms with Crippen molar-refractivity contribution in [3.8, 4) is 11.1 Å². The molecule has 2 aromatic rings. The van der Waals surface area contributed by atoms with E-state index in [2.05, 4.69) is 23.3 Å². The first-order valence-corrected chi connectivity index (χ1v) is 6.52. The number of hydrogen-bond donors (Lipinski definition) is 1. The van der Waals surface area contributed by atoms with Crippen molar-refractivity contribution < 1.29 is 9.90 Å². The Morgan fingerprint density at radius 1 is 1.40 bits per heavy atom. The number of allylic oxidation sites excluding steroid dienone is 1. The molecule has 0 saturated carbocycles. The fourth-order valence-corrected chi connectivity index (χ4v) is 2.10. The molecule has 1 heterocycles. The molecule has 0 saturated heterocycles. The van der Waals surface area contributed by atoms with Gasteiger partial charge in [-0.1, -0.05) is 29.8 Å². The zero-order valence-electron chi connectivity index (χ0n) is 11.7. The van der Waals surface area contributed by atoms with Crippen LogP contribution in [0, 0.1) is 0 Å². The number of nitrogens with zero attached hydrogens (tertiary/aromatic N) is 2. The third-order valence-corrected chi connectivity index (χ3v) is 3.14. The van der Waals surface area contributed by atoms with Crippen LogP contribution in [0.2, 0.25) is 0 Å². The maximum absolute atomic E-state index is 10.6. The molecule has 0 aliphatic carbocycles. The molecule has 0 radical (unpaired) electrons. The van der Waals surface area contributed by atoms with Crippen molar-refractivity contribution in [3.05, 3.63) is 53.9 Å². The van der Waals surface area contributed by atoms with E-state index in [0.29, 0.717) is 0 Å². The fourth-order valence-electron chi connectivity index (χ4n) is 2.10. The predicted molar refractivity (Wildman–Crippen MR) is 78.4 cm³/mol. The van der Waals surface area contributed by atoms with Crippen LogP contribution in [-0.2, 0) is 18.3 Å². The second kappa shape index (κ2) is 6.19. The summed E-state index contributed by atoms with van der Waals surface area (Å²) in [6, 6.07) is 8.27. The van der Waals surface area contributed by atoms with Crippen LogP contribution >= 0.6 is 0 Å². The summed E-state index contributed by atoms with van der Waals surface area (Å²) in [5.41, 5.74) is 4.30. The van der Waals surface area contributed by atoms with Crippen molar-refractivity contribution in [1.29, 1.82) is 0 Å². The summed E-state index contributed by atoms with van der Waals surface area (Å²) in [6.45, 7) is 1.85. The number of carboxylic acids is 1. The highest BCUT2D eigenvalue weighted by molar-refractivity contribution is 5.80. The lowest BCUT2D eigenvalue weighted by atomic mass is 10.0. The van der Waals surface area contributed by atoms with Crippen LogP contribution < -0.4 is 0 Å². The maximum Gasteiger partial charge on any atom is 0.328 e. The van der Waals surface area contributed by atoms with Gasteiger partial charge in [-0.2, -0.15) is 5.10 Å². The average Bonchev–Trinajstić information content (AvgIpc) is 2.83. The van der Waals surface area contributed by atoms with Gasteiger partial charge in [-0.3, -0.25) is 4.68 Å². The first-order valence-electron chi connectivity index (χ1n) is 6.52. The van der Waals surface area contributed by atoms with Gasteiger partial charge in [0, 0.05) is 24.9 Å². The van der Waals surface area contributed by atoms with Crippen LogP contribution in [0.5, 0.6) is 0 Å². The topological polar surface area (TPSA) is 55.1 Å². The highest BCUT2D eigenvalue weighted by atomic mass is 16.4. The molecule has 104 valence electrons. The normalized spacial score (nSPS) is 11.6. The average molecular weight is 270 g/mol. The van der Waals surface area contributed by atoms with Gasteiger partial charge in [0.1, 0.15) is 0 Å². The van der Waals surface area contributed by atoms with Crippen LogP contribution in [0.3, 0.4) is 0 Å². The molecule has 0 atom stereocenters. The number of benzene rings is 1. The van der Waals surface area contributed by atoms with Crippen LogP contribution in [-0.4, -0.2) is 20.9 Å². The molecule has 4 nitrogen and oxygen atoms in total. The molecular weight excluding hydrogens is 252 g/mol. The van der Waals surface area contributed by atoms with Gasteiger partial charge in [0.25, 0.3) is 0 Å². The van der Waals surface area contributed by atoms with Crippen molar-refractivity contribution in [2.24, 2.45) is 7.05 Å². The minimum atomic E-state index is -0.883. The molecule has 0 bridgehead atoms. The van der Waals surface area contributed by atoms with Gasteiger partial charge in [-0.15, -0.1) is 0 Å². The Bertz CT molecular complexity index is 641. The van der Waals surface area contributed by atoms with E-state index < -0.39 is 5.97 Å². The molecule has 1 aromatic carbocycles. The van der Waals surface area contributed by atoms with Crippen LogP contribution in [0.4, 0.5) is 0 Å². The lowest BCUT2D eigenvalue weighted by molar-refractivity contribution is -0.131. The summed E-state index contributed by atoms with van der Waals surface area (Å²) in [6.07, 6.45) is 6.68. The van der Waals surface area contributed by atoms with Crippen LogP contribution in [0.25, 0.3) is 11.1 Å². The number of aromatic nitrogens is 2. The molecule has 0 aliphatic rings. The van der Waals surface area contributed by atoms with E-state index in [1.165, 1.54) is 11.6 Å². The number of carboxylic acid groups (broad SMARTS) is 1. The van der Waals surface area contributed by atoms with E-state index in [9.17, 15) is 4.79 Å². The molecule has 1 N–H and O–H groups in total. The SMILES string of the molecule is C/C(=C\C(=O)O)CCc1cccc(-c2cnn(C)c2)c1. The first-order chi connectivity index (χ1) is 9.54. The molecule has 1 aromatic heterocycles. The van der Waals surface area contributed by atoms with Crippen molar-refractivity contribution in [3.63, 3.8) is 0 Å². The van der Waals surface area contributed by atoms with Gasteiger partial charge < -0.3 is 5.11 Å². The summed E-state index contributed by atoms with van der Waals surface area (Å²) in [5, 5.41) is 12.9. The standard InChI is InChI=1S/C16H18N2O2/c1-12(8-16(19)20)6-7-13-4-3-5-14(9-13)15-10-17-18(2)11-15/h3-5,8-11H,6-7H2,1-2H3,(H,19,20)/b12-8+. The third kappa shape index (κ3) is 3.82. The molecule has 0 amide bonds. The van der Waals surface area contributed by atoms with E-state index >= 15 is 0 Å². The lowest BCUT2D eigenvalue weighted by Gasteiger charge is -2.04. The van der Waals surface area contributed by atoms with Gasteiger partial charge in [-0.05, 0) is 30.9 Å². The monoisotopic (exact) mass is 270 g/mol. The van der Waals surface area contributed by atoms with Crippen molar-refractivity contribution >= 4 is 5.97 Å². The van der Waals surface area contributed by atoms with Gasteiger partial charge >= 0.3 is 5.97 Å². The number of hydrogen-bond acceptors (Lipinski definition) is 2. The number of carbonyl (C=O) groups is 1. The maximum atomic E-state index is 10.6. The second-order valence-electron chi connectivity index (χ2n) is 4.93. The Morgan fingerprint density at radius 2 is 2.20 bits per heavy atom. The summed E-state index contributed by atoms with van der Waals surface area (Å²) in [4.78, 5) is 10.6. The number of aliphatic carboxylic acids is 1. The molecule has 4 heteroatoms. The minimum Gasteiger partial charge on any atom is -0.478 e. The van der Waals surface area contributed by atoms with E-state index in [1.54, 1.807) is 4.68 Å². The summed E-state index contributed by atoms with van der Waals surface area (Å²) in [5.74, 6) is -0.883. The zero-order valence-corrected chi connectivity index (χ0v) is 11.7. The predicted octanol–water partition coefficient (Wildman–Crippen LogP) is 3.05. The molecule has 20 heavy (non-hydrogen) atoms. The largest absolute Gasteiger partial charge is 0.478 e. The molecule has 0 fully saturated rings. The molecule has 2 rings (SSSR count). The smallest absolute Gasteiger partial charge is 0.328 e. The lowest BCUT2D eigenvalue weighted by Crippen LogP contribution is -1.92. The third-order valence-electron chi connectivity index (χ3n) is 3.14. The highest BCUT2D eigenvalue weighted by Crippen LogP contribution is 2.20. The zero-order chi connectivity index (χ0) is 14.5. The molecule has 0 spiro atoms. The van der Waals surface area contributed by atoms with E-state index in [-0.39, 0.29) is 0 Å². The van der Waals surface area contributed by atoms with Gasteiger partial charge in [-0.25, -0.2) is 4.79 Å². The van der Waals surface area contributed by atoms with E-state index in [0.717, 1.165) is 29.5 Å². The van der Waals surface area contributed by atoms with E-state index in [1.807, 2.05) is 32.4 Å². The molecule has 0 aliphatic heterocycles. The van der Waals surface area contributed by atoms with Gasteiger partial charge in [0.05, 0.1) is 6.20 Å². The van der Waals surface area contributed by atoms with Crippen LogP contribution in [0.1, 0.15) is 18.9 Å². The van der Waals surface area contributed by atoms with E-state index in [4.69, 9.17) is 5.11 Å². The number of rotatable bonds is 5. The summed E-state index contributed by atoms with van der Waals surface area (Å²) >= 11 is 0. The van der Waals surface area contributed by atoms with Crippen molar-refractivity contribution in [2.45, 2.75) is 19.8 Å². The Labute approximate surface area is 118 Å². The molecular formula is C16H18N2O2. The van der Waals surface area contributed by atoms with Gasteiger partial charge in [0.15, 0.2) is 0 Å². The summed E-state index contributed by atoms with van der Waals surface area (Å²) in [7, 11) is 1.90. The first kappa shape index (κ1) is 14.1. The number of aryl methyl sites for hydroxylation is 2. The van der Waals surface area contributed by atoms with Crippen molar-refractivity contribution in [2.75, 3.05) is 0 Å². The molecule has 0 unspecified atom stereocenters.